The van der Waals surface area contributed by atoms with Gasteiger partial charge in [0.2, 0.25) is 0 Å². The van der Waals surface area contributed by atoms with Crippen LogP contribution in [-0.2, 0) is 0 Å². The third kappa shape index (κ3) is 3.90. The number of hydrogen-bond acceptors (Lipinski definition) is 1. The van der Waals surface area contributed by atoms with Crippen LogP contribution in [0, 0.1) is 6.92 Å². The van der Waals surface area contributed by atoms with Gasteiger partial charge >= 0.3 is 0 Å². The first-order valence-corrected chi connectivity index (χ1v) is 15.9. The van der Waals surface area contributed by atoms with E-state index >= 15 is 0 Å². The van der Waals surface area contributed by atoms with E-state index in [9.17, 15) is 0 Å². The molecule has 0 N–H and O–H groups in total. The Hall–Kier alpha value is -5.24. The van der Waals surface area contributed by atoms with E-state index in [1.54, 1.807) is 0 Å². The quantitative estimate of drug-likeness (QED) is 0.183. The highest BCUT2D eigenvalue weighted by atomic mass is 32.1. The minimum absolute atomic E-state index is 0.539. The fraction of sp³-hybridized carbons (Fsp3) is 0.0233. The van der Waals surface area contributed by atoms with Gasteiger partial charge in [0.25, 0.3) is 0 Å². The number of rotatable bonds is 3. The van der Waals surface area contributed by atoms with Crippen molar-refractivity contribution in [3.8, 4) is 33.4 Å². The highest BCUT2D eigenvalue weighted by molar-refractivity contribution is 7.26. The van der Waals surface area contributed by atoms with Crippen LogP contribution in [0.5, 0.6) is 0 Å². The van der Waals surface area contributed by atoms with Gasteiger partial charge < -0.3 is 0 Å². The molecule has 0 nitrogen and oxygen atoms in total. The van der Waals surface area contributed by atoms with E-state index in [-0.39, 0.29) is 0 Å². The first-order chi connectivity index (χ1) is 22.1. The maximum Gasteiger partial charge on any atom is 0.0623 e. The second-order valence-electron chi connectivity index (χ2n) is 11.7. The summed E-state index contributed by atoms with van der Waals surface area (Å²) in [4.78, 5) is 0. The molecule has 0 aliphatic carbocycles. The predicted octanol–water partition coefficient (Wildman–Crippen LogP) is 12.8. The van der Waals surface area contributed by atoms with Crippen LogP contribution in [0.25, 0.3) is 85.9 Å². The normalized spacial score (nSPS) is 12.1. The highest BCUT2D eigenvalue weighted by Crippen LogP contribution is 2.45. The summed E-state index contributed by atoms with van der Waals surface area (Å²) in [6.07, 6.45) is 0. The number of hydrogen-bond donors (Lipinski definition) is 0. The molecular weight excluding hydrogens is 549 g/mol. The molecule has 206 valence electrons. The summed E-state index contributed by atoms with van der Waals surface area (Å²) >= 11 is 1.88. The number of fused-ring (bicyclic) bond motifs is 6. The van der Waals surface area contributed by atoms with Gasteiger partial charge in [0, 0.05) is 20.2 Å². The summed E-state index contributed by atoms with van der Waals surface area (Å²) in [6, 6.07) is 53.4. The third-order valence-electron chi connectivity index (χ3n) is 9.04. The molecule has 0 radical (unpaired) electrons. The molecule has 0 aliphatic heterocycles. The molecule has 8 aromatic carbocycles. The van der Waals surface area contributed by atoms with Gasteiger partial charge in [-0.25, -0.2) is 0 Å². The molecule has 44 heavy (non-hydrogen) atoms. The van der Waals surface area contributed by atoms with E-state index in [1.165, 1.54) is 80.7 Å². The maximum atomic E-state index is 8.05. The molecule has 0 bridgehead atoms. The Balaban J connectivity index is 1.24. The van der Waals surface area contributed by atoms with Crippen LogP contribution in [0.4, 0.5) is 0 Å². The van der Waals surface area contributed by atoms with Crippen molar-refractivity contribution in [3.63, 3.8) is 0 Å². The molecule has 0 unspecified atom stereocenters. The summed E-state index contributed by atoms with van der Waals surface area (Å²) in [5, 5.41) is 9.93. The molecule has 9 rings (SSSR count). The van der Waals surface area contributed by atoms with Gasteiger partial charge in [-0.3, -0.25) is 0 Å². The van der Waals surface area contributed by atoms with Gasteiger partial charge in [-0.05, 0) is 96.4 Å². The van der Waals surface area contributed by atoms with Crippen LogP contribution < -0.4 is 0 Å². The standard InChI is InChI=1S/C43H28S/c1-27-17-24-38-40(25-27)44-39-16-8-15-33(43(38)39)29-19-21-30(22-20-29)41-34-11-4-6-13-36(34)42(37-14-7-5-12-35(37)41)32-23-18-28-9-2-3-10-31(28)26-32/h2-26H,1H3/i2D. The van der Waals surface area contributed by atoms with Crippen LogP contribution in [0.2, 0.25) is 0 Å². The van der Waals surface area contributed by atoms with Gasteiger partial charge in [0.05, 0.1) is 1.37 Å². The Morgan fingerprint density at radius 2 is 1.11 bits per heavy atom. The summed E-state index contributed by atoms with van der Waals surface area (Å²) in [7, 11) is 0. The molecular formula is C43H28S. The number of benzene rings is 8. The van der Waals surface area contributed by atoms with Crippen LogP contribution >= 0.6 is 11.3 Å². The van der Waals surface area contributed by atoms with Gasteiger partial charge in [-0.15, -0.1) is 11.3 Å². The maximum absolute atomic E-state index is 8.05. The molecule has 0 fully saturated rings. The lowest BCUT2D eigenvalue weighted by molar-refractivity contribution is 1.52. The Morgan fingerprint density at radius 1 is 0.455 bits per heavy atom. The van der Waals surface area contributed by atoms with Gasteiger partial charge in [-0.2, -0.15) is 0 Å². The monoisotopic (exact) mass is 577 g/mol. The summed E-state index contributed by atoms with van der Waals surface area (Å²) in [5.41, 5.74) is 8.76. The molecule has 0 saturated heterocycles. The van der Waals surface area contributed by atoms with Gasteiger partial charge in [0.1, 0.15) is 0 Å². The second kappa shape index (κ2) is 9.91. The summed E-state index contributed by atoms with van der Waals surface area (Å²) < 4.78 is 10.7. The Kier molecular flexibility index (Phi) is 5.46. The lowest BCUT2D eigenvalue weighted by Crippen LogP contribution is -1.91. The fourth-order valence-electron chi connectivity index (χ4n) is 7.02. The zero-order chi connectivity index (χ0) is 30.1. The van der Waals surface area contributed by atoms with E-state index in [1.807, 2.05) is 23.5 Å². The minimum Gasteiger partial charge on any atom is -0.135 e. The molecule has 0 amide bonds. The zero-order valence-electron chi connectivity index (χ0n) is 25.3. The van der Waals surface area contributed by atoms with Crippen molar-refractivity contribution >= 4 is 63.8 Å². The molecule has 1 aromatic heterocycles. The molecule has 1 heterocycles. The van der Waals surface area contributed by atoms with Crippen LogP contribution in [0.15, 0.2) is 152 Å². The molecule has 1 heteroatoms. The molecule has 0 atom stereocenters. The van der Waals surface area contributed by atoms with E-state index in [4.69, 9.17) is 1.37 Å². The lowest BCUT2D eigenvalue weighted by Gasteiger charge is -2.18. The van der Waals surface area contributed by atoms with Crippen molar-refractivity contribution in [2.75, 3.05) is 0 Å². The number of thiophene rings is 1. The van der Waals surface area contributed by atoms with Crippen molar-refractivity contribution in [1.29, 1.82) is 0 Å². The van der Waals surface area contributed by atoms with E-state index in [0.717, 1.165) is 10.8 Å². The fourth-order valence-corrected chi connectivity index (χ4v) is 8.25. The minimum atomic E-state index is 0.539. The Bertz CT molecular complexity index is 2550. The Labute approximate surface area is 261 Å². The van der Waals surface area contributed by atoms with Crippen molar-refractivity contribution in [2.24, 2.45) is 0 Å². The van der Waals surface area contributed by atoms with Crippen LogP contribution in [-0.4, -0.2) is 0 Å². The smallest absolute Gasteiger partial charge is 0.0623 e. The highest BCUT2D eigenvalue weighted by Gasteiger charge is 2.17. The molecule has 0 spiro atoms. The lowest BCUT2D eigenvalue weighted by atomic mass is 9.85. The van der Waals surface area contributed by atoms with E-state index in [0.29, 0.717) is 6.04 Å². The van der Waals surface area contributed by atoms with Gasteiger partial charge in [-0.1, -0.05) is 133 Å². The molecule has 9 aromatic rings. The third-order valence-corrected chi connectivity index (χ3v) is 10.2. The Morgan fingerprint density at radius 3 is 1.84 bits per heavy atom. The predicted molar refractivity (Wildman–Crippen MR) is 193 cm³/mol. The average molecular weight is 578 g/mol. The average Bonchev–Trinajstić information content (AvgIpc) is 3.45. The zero-order valence-corrected chi connectivity index (χ0v) is 25.1. The summed E-state index contributed by atoms with van der Waals surface area (Å²) in [6.45, 7) is 2.17. The first-order valence-electron chi connectivity index (χ1n) is 15.6. The van der Waals surface area contributed by atoms with Crippen molar-refractivity contribution in [1.82, 2.24) is 0 Å². The van der Waals surface area contributed by atoms with Crippen LogP contribution in [0.3, 0.4) is 0 Å². The second-order valence-corrected chi connectivity index (χ2v) is 12.8. The van der Waals surface area contributed by atoms with Crippen molar-refractivity contribution in [3.05, 3.63) is 157 Å². The van der Waals surface area contributed by atoms with Gasteiger partial charge in [0.15, 0.2) is 0 Å². The van der Waals surface area contributed by atoms with E-state index in [2.05, 4.69) is 140 Å². The summed E-state index contributed by atoms with van der Waals surface area (Å²) in [5.74, 6) is 0. The first kappa shape index (κ1) is 24.2. The topological polar surface area (TPSA) is 0 Å². The largest absolute Gasteiger partial charge is 0.135 e. The van der Waals surface area contributed by atoms with E-state index < -0.39 is 0 Å². The SMILES string of the molecule is [2H]c1ccc2cc(-c3c4ccccc4c(-c4ccc(-c5cccc6sc7cc(C)ccc7c56)cc4)c4ccccc34)ccc2c1. The molecule has 0 aliphatic rings. The van der Waals surface area contributed by atoms with Crippen LogP contribution in [0.1, 0.15) is 6.93 Å². The molecule has 0 saturated carbocycles. The van der Waals surface area contributed by atoms with Crippen molar-refractivity contribution < 1.29 is 1.37 Å². The number of aryl methyl sites for hydroxylation is 1. The van der Waals surface area contributed by atoms with Crippen molar-refractivity contribution in [2.45, 2.75) is 6.92 Å².